The Balaban J connectivity index is 1.18. The molecule has 0 aliphatic carbocycles. The van der Waals surface area contributed by atoms with E-state index in [9.17, 15) is 22.8 Å². The Kier molecular flexibility index (Phi) is 9.89. The van der Waals surface area contributed by atoms with Gasteiger partial charge in [-0.2, -0.15) is 0 Å². The monoisotopic (exact) mass is 706 g/mol. The van der Waals surface area contributed by atoms with Crippen LogP contribution in [0.15, 0.2) is 70.6 Å². The predicted octanol–water partition coefficient (Wildman–Crippen LogP) is 7.21. The van der Waals surface area contributed by atoms with E-state index in [1.807, 2.05) is 0 Å². The summed E-state index contributed by atoms with van der Waals surface area (Å²) in [6.45, 7) is 12.1. The smallest absolute Gasteiger partial charge is 0.410 e. The fraction of sp³-hybridized carbons (Fsp3) is 0.405. The zero-order valence-corrected chi connectivity index (χ0v) is 29.7. The van der Waals surface area contributed by atoms with Crippen molar-refractivity contribution in [2.45, 2.75) is 68.4 Å². The Bertz CT molecular complexity index is 1880. The normalized spacial score (nSPS) is 16.4. The first kappa shape index (κ1) is 35.3. The molecule has 1 aromatic heterocycles. The Morgan fingerprint density at radius 1 is 0.820 bits per heavy atom. The molecule has 2 amide bonds. The molecule has 9 nitrogen and oxygen atoms in total. The lowest BCUT2D eigenvalue weighted by Crippen LogP contribution is -2.60. The van der Waals surface area contributed by atoms with Gasteiger partial charge >= 0.3 is 6.09 Å². The summed E-state index contributed by atoms with van der Waals surface area (Å²) in [7, 11) is 0. The van der Waals surface area contributed by atoms with Crippen molar-refractivity contribution in [3.8, 4) is 11.3 Å². The number of anilines is 1. The molecule has 0 bridgehead atoms. The van der Waals surface area contributed by atoms with Crippen LogP contribution in [0.2, 0.25) is 0 Å². The number of hydrogen-bond acceptors (Lipinski definition) is 7. The molecule has 264 valence electrons. The molecule has 2 fully saturated rings. The first-order valence-electron chi connectivity index (χ1n) is 16.7. The molecule has 50 heavy (non-hydrogen) atoms. The topological polar surface area (TPSA) is 83.8 Å². The number of amides is 2. The first-order chi connectivity index (χ1) is 23.7. The molecule has 0 N–H and O–H groups in total. The van der Waals surface area contributed by atoms with E-state index in [0.717, 1.165) is 16.6 Å². The molecule has 2 aliphatic heterocycles. The summed E-state index contributed by atoms with van der Waals surface area (Å²) in [5, 5.41) is 8.29. The molecule has 0 radical (unpaired) electrons. The maximum Gasteiger partial charge on any atom is 0.410 e. The third-order valence-corrected chi connectivity index (χ3v) is 10.4. The van der Waals surface area contributed by atoms with Gasteiger partial charge in [0.05, 0.1) is 6.20 Å². The van der Waals surface area contributed by atoms with E-state index in [1.165, 1.54) is 26.9 Å². The SMILES string of the molecule is Cc1ccc(Sc2ccc(N3CCN(C(=O)C4(n5cc(-c6cc(F)c(F)cc6F)nn5)CCN(C(=O)OC(C)(C)C)CC4)CC3)cc2)c(C)c1. The van der Waals surface area contributed by atoms with Crippen molar-refractivity contribution in [3.05, 3.63) is 89.4 Å². The maximum absolute atomic E-state index is 14.7. The van der Waals surface area contributed by atoms with Crippen LogP contribution in [0.4, 0.5) is 23.7 Å². The quantitative estimate of drug-likeness (QED) is 0.196. The van der Waals surface area contributed by atoms with Gasteiger partial charge in [-0.25, -0.2) is 22.6 Å². The number of hydrogen-bond donors (Lipinski definition) is 0. The first-order valence-corrected chi connectivity index (χ1v) is 17.5. The number of rotatable bonds is 6. The number of aryl methyl sites for hydroxylation is 2. The van der Waals surface area contributed by atoms with E-state index in [-0.39, 0.29) is 43.1 Å². The van der Waals surface area contributed by atoms with Crippen LogP contribution in [0.5, 0.6) is 0 Å². The highest BCUT2D eigenvalue weighted by atomic mass is 32.2. The average Bonchev–Trinajstić information content (AvgIpc) is 3.58. The van der Waals surface area contributed by atoms with Gasteiger partial charge in [-0.3, -0.25) is 4.79 Å². The van der Waals surface area contributed by atoms with Gasteiger partial charge in [0.1, 0.15) is 22.7 Å². The molecule has 4 aromatic rings. The summed E-state index contributed by atoms with van der Waals surface area (Å²) >= 11 is 1.73. The number of nitrogens with zero attached hydrogens (tertiary/aromatic N) is 6. The molecule has 3 aromatic carbocycles. The van der Waals surface area contributed by atoms with Gasteiger partial charge in [0, 0.05) is 66.4 Å². The minimum Gasteiger partial charge on any atom is -0.444 e. The van der Waals surface area contributed by atoms with Crippen LogP contribution in [0, 0.1) is 31.3 Å². The fourth-order valence-electron chi connectivity index (χ4n) is 6.47. The Morgan fingerprint density at radius 2 is 1.48 bits per heavy atom. The van der Waals surface area contributed by atoms with Gasteiger partial charge in [-0.05, 0) is 89.4 Å². The van der Waals surface area contributed by atoms with Crippen LogP contribution in [-0.2, 0) is 15.1 Å². The molecule has 2 saturated heterocycles. The third kappa shape index (κ3) is 7.47. The van der Waals surface area contributed by atoms with Crippen LogP contribution >= 0.6 is 11.8 Å². The Hall–Kier alpha value is -4.52. The van der Waals surface area contributed by atoms with Crippen LogP contribution < -0.4 is 4.90 Å². The highest BCUT2D eigenvalue weighted by Gasteiger charge is 2.48. The molecule has 0 spiro atoms. The number of piperazine rings is 1. The summed E-state index contributed by atoms with van der Waals surface area (Å²) in [5.41, 5.74) is 1.32. The average molecular weight is 707 g/mol. The van der Waals surface area contributed by atoms with Crippen molar-refractivity contribution in [3.63, 3.8) is 0 Å². The van der Waals surface area contributed by atoms with Gasteiger partial charge in [0.25, 0.3) is 5.91 Å². The number of carbonyl (C=O) groups excluding carboxylic acids is 2. The van der Waals surface area contributed by atoms with Gasteiger partial charge < -0.3 is 19.4 Å². The minimum atomic E-state index is -1.31. The van der Waals surface area contributed by atoms with Crippen molar-refractivity contribution in [1.82, 2.24) is 24.8 Å². The van der Waals surface area contributed by atoms with Gasteiger partial charge in [-0.15, -0.1) is 5.10 Å². The van der Waals surface area contributed by atoms with Crippen LogP contribution in [-0.4, -0.2) is 81.7 Å². The summed E-state index contributed by atoms with van der Waals surface area (Å²) < 4.78 is 49.4. The number of ether oxygens (including phenoxy) is 1. The van der Waals surface area contributed by atoms with Crippen molar-refractivity contribution < 1.29 is 27.5 Å². The fourth-order valence-corrected chi connectivity index (χ4v) is 7.35. The molecular formula is C37H41F3N6O3S. The van der Waals surface area contributed by atoms with Crippen LogP contribution in [0.25, 0.3) is 11.3 Å². The maximum atomic E-state index is 14.7. The van der Waals surface area contributed by atoms with Gasteiger partial charge in [0.15, 0.2) is 11.6 Å². The van der Waals surface area contributed by atoms with Gasteiger partial charge in [0.2, 0.25) is 0 Å². The summed E-state index contributed by atoms with van der Waals surface area (Å²) in [6, 6.07) is 16.1. The summed E-state index contributed by atoms with van der Waals surface area (Å²) in [4.78, 5) is 35.3. The van der Waals surface area contributed by atoms with E-state index in [0.29, 0.717) is 32.2 Å². The number of halogens is 3. The number of likely N-dealkylation sites (tertiary alicyclic amines) is 1. The van der Waals surface area contributed by atoms with E-state index in [1.54, 1.807) is 42.3 Å². The van der Waals surface area contributed by atoms with E-state index in [4.69, 9.17) is 4.74 Å². The second kappa shape index (κ2) is 14.0. The molecule has 3 heterocycles. The number of benzene rings is 3. The molecule has 0 saturated carbocycles. The highest BCUT2D eigenvalue weighted by Crippen LogP contribution is 2.36. The van der Waals surface area contributed by atoms with E-state index in [2.05, 4.69) is 71.5 Å². The third-order valence-electron chi connectivity index (χ3n) is 9.19. The van der Waals surface area contributed by atoms with Crippen LogP contribution in [0.1, 0.15) is 44.7 Å². The Morgan fingerprint density at radius 3 is 2.12 bits per heavy atom. The van der Waals surface area contributed by atoms with Gasteiger partial charge in [-0.1, -0.05) is 34.7 Å². The lowest BCUT2D eigenvalue weighted by molar-refractivity contribution is -0.144. The lowest BCUT2D eigenvalue weighted by Gasteiger charge is -2.45. The standard InChI is InChI=1S/C37H41F3N6O3S/c1-24-6-11-33(25(2)20-24)50-27-9-7-26(8-10-27)43-16-18-44(19-17-43)34(47)37(12-14-45(15-13-37)35(48)49-36(3,4)5)46-23-32(41-42-46)28-21-30(39)31(40)22-29(28)38/h6-11,20-23H,12-19H2,1-5H3. The second-order valence-corrected chi connectivity index (χ2v) is 15.1. The number of aromatic nitrogens is 3. The highest BCUT2D eigenvalue weighted by molar-refractivity contribution is 7.99. The molecule has 0 unspecified atom stereocenters. The van der Waals surface area contributed by atoms with Crippen LogP contribution in [0.3, 0.4) is 0 Å². The van der Waals surface area contributed by atoms with Crippen molar-refractivity contribution in [2.75, 3.05) is 44.2 Å². The molecule has 13 heteroatoms. The van der Waals surface area contributed by atoms with Crippen molar-refractivity contribution >= 4 is 29.4 Å². The molecular weight excluding hydrogens is 666 g/mol. The second-order valence-electron chi connectivity index (χ2n) is 13.9. The molecule has 2 aliphatic rings. The minimum absolute atomic E-state index is 0.0351. The zero-order valence-electron chi connectivity index (χ0n) is 28.9. The molecule has 0 atom stereocenters. The number of carbonyl (C=O) groups is 2. The Labute approximate surface area is 294 Å². The predicted molar refractivity (Wildman–Crippen MR) is 186 cm³/mol. The van der Waals surface area contributed by atoms with Crippen molar-refractivity contribution in [2.24, 2.45) is 0 Å². The zero-order chi connectivity index (χ0) is 35.8. The van der Waals surface area contributed by atoms with Crippen molar-refractivity contribution in [1.29, 1.82) is 0 Å². The van der Waals surface area contributed by atoms with E-state index >= 15 is 0 Å². The van der Waals surface area contributed by atoms with E-state index < -0.39 is 34.7 Å². The summed E-state index contributed by atoms with van der Waals surface area (Å²) in [5.74, 6) is -3.72. The lowest BCUT2D eigenvalue weighted by atomic mass is 9.85. The largest absolute Gasteiger partial charge is 0.444 e. The molecule has 6 rings (SSSR count). The summed E-state index contributed by atoms with van der Waals surface area (Å²) in [6.07, 6.45) is 1.32. The number of piperidine rings is 1.